The molecule has 5 heteroatoms. The zero-order valence-electron chi connectivity index (χ0n) is 16.1. The summed E-state index contributed by atoms with van der Waals surface area (Å²) in [5, 5.41) is 12.0. The van der Waals surface area contributed by atoms with Gasteiger partial charge in [0, 0.05) is 16.9 Å². The van der Waals surface area contributed by atoms with E-state index in [9.17, 15) is 9.90 Å². The fraction of sp³-hybridized carbons (Fsp3) is 0.375. The standard InChI is InChI=1S/C24H22Cl2O3/c1-2-12-5-7-16(29-19-8-6-15(25)10-18(19)26)11-17(12)22-23(27)20-13-3-4-14(9-13)21(20)24(22)28/h5-8,10-11,13-14,20-21,27H,2-4,9H2,1H3/t13-,14+,20-,21+/m1/s1. The number of aliphatic hydroxyl groups excluding tert-OH is 1. The number of ether oxygens (including phenoxy) is 1. The maximum Gasteiger partial charge on any atom is 0.170 e. The summed E-state index contributed by atoms with van der Waals surface area (Å²) >= 11 is 12.2. The van der Waals surface area contributed by atoms with Crippen molar-refractivity contribution in [3.63, 3.8) is 0 Å². The number of Topliss-reactive ketones (excluding diaryl/α,β-unsaturated/α-hetero) is 1. The van der Waals surface area contributed by atoms with Crippen molar-refractivity contribution >= 4 is 34.6 Å². The first kappa shape index (κ1) is 19.0. The monoisotopic (exact) mass is 428 g/mol. The number of halogens is 2. The molecular formula is C24H22Cl2O3. The van der Waals surface area contributed by atoms with E-state index < -0.39 is 0 Å². The Hall–Kier alpha value is -1.97. The molecule has 3 nitrogen and oxygen atoms in total. The van der Waals surface area contributed by atoms with E-state index in [0.29, 0.717) is 44.7 Å². The Morgan fingerprint density at radius 1 is 1.07 bits per heavy atom. The Morgan fingerprint density at radius 3 is 2.52 bits per heavy atom. The number of ketones is 1. The smallest absolute Gasteiger partial charge is 0.170 e. The Bertz CT molecular complexity index is 1040. The van der Waals surface area contributed by atoms with Gasteiger partial charge in [-0.3, -0.25) is 4.79 Å². The van der Waals surface area contributed by atoms with Crippen LogP contribution in [0.4, 0.5) is 0 Å². The molecule has 150 valence electrons. The lowest BCUT2D eigenvalue weighted by Crippen LogP contribution is -2.24. The lowest BCUT2D eigenvalue weighted by molar-refractivity contribution is -0.118. The molecule has 0 radical (unpaired) electrons. The number of fused-ring (bicyclic) bond motifs is 5. The van der Waals surface area contributed by atoms with Gasteiger partial charge in [0.25, 0.3) is 0 Å². The third kappa shape index (κ3) is 2.98. The number of benzene rings is 2. The van der Waals surface area contributed by atoms with E-state index in [0.717, 1.165) is 36.8 Å². The molecule has 2 bridgehead atoms. The maximum atomic E-state index is 13.3. The van der Waals surface area contributed by atoms with E-state index in [1.165, 1.54) is 0 Å². The van der Waals surface area contributed by atoms with Crippen LogP contribution in [0.15, 0.2) is 42.2 Å². The van der Waals surface area contributed by atoms with Crippen LogP contribution < -0.4 is 4.74 Å². The van der Waals surface area contributed by atoms with Crippen LogP contribution in [0.2, 0.25) is 10.0 Å². The molecule has 0 aromatic heterocycles. The highest BCUT2D eigenvalue weighted by Gasteiger charge is 2.57. The number of rotatable bonds is 4. The third-order valence-electron chi connectivity index (χ3n) is 6.89. The molecule has 0 aliphatic heterocycles. The van der Waals surface area contributed by atoms with Crippen LogP contribution in [-0.4, -0.2) is 10.9 Å². The van der Waals surface area contributed by atoms with Gasteiger partial charge in [0.15, 0.2) is 5.78 Å². The zero-order chi connectivity index (χ0) is 20.3. The highest BCUT2D eigenvalue weighted by molar-refractivity contribution is 6.35. The van der Waals surface area contributed by atoms with Crippen molar-refractivity contribution in [2.75, 3.05) is 0 Å². The minimum Gasteiger partial charge on any atom is -0.511 e. The third-order valence-corrected chi connectivity index (χ3v) is 7.42. The van der Waals surface area contributed by atoms with E-state index in [1.54, 1.807) is 18.2 Å². The van der Waals surface area contributed by atoms with Gasteiger partial charge < -0.3 is 9.84 Å². The molecule has 0 saturated heterocycles. The van der Waals surface area contributed by atoms with Crippen LogP contribution in [0.5, 0.6) is 11.5 Å². The van der Waals surface area contributed by atoms with Crippen molar-refractivity contribution in [3.05, 3.63) is 63.3 Å². The molecule has 3 aliphatic carbocycles. The summed E-state index contributed by atoms with van der Waals surface area (Å²) in [5.41, 5.74) is 2.31. The van der Waals surface area contributed by atoms with Crippen molar-refractivity contribution in [1.29, 1.82) is 0 Å². The van der Waals surface area contributed by atoms with E-state index in [-0.39, 0.29) is 17.6 Å². The number of carbonyl (C=O) groups is 1. The summed E-state index contributed by atoms with van der Waals surface area (Å²) in [6.07, 6.45) is 4.08. The fourth-order valence-electron chi connectivity index (χ4n) is 5.64. The quantitative estimate of drug-likeness (QED) is 0.577. The molecule has 2 fully saturated rings. The van der Waals surface area contributed by atoms with Gasteiger partial charge in [0.2, 0.25) is 0 Å². The first-order valence-electron chi connectivity index (χ1n) is 10.2. The van der Waals surface area contributed by atoms with E-state index >= 15 is 0 Å². The summed E-state index contributed by atoms with van der Waals surface area (Å²) in [5.74, 6) is 2.32. The molecule has 0 amide bonds. The lowest BCUT2D eigenvalue weighted by Gasteiger charge is -2.23. The second-order valence-corrected chi connectivity index (χ2v) is 9.20. The van der Waals surface area contributed by atoms with E-state index in [2.05, 4.69) is 6.92 Å². The van der Waals surface area contributed by atoms with Gasteiger partial charge in [0.1, 0.15) is 17.3 Å². The van der Waals surface area contributed by atoms with E-state index in [4.69, 9.17) is 27.9 Å². The van der Waals surface area contributed by atoms with E-state index in [1.807, 2.05) is 18.2 Å². The summed E-state index contributed by atoms with van der Waals surface area (Å²) in [4.78, 5) is 13.3. The molecule has 2 saturated carbocycles. The predicted octanol–water partition coefficient (Wildman–Crippen LogP) is 6.86. The van der Waals surface area contributed by atoms with Crippen LogP contribution in [-0.2, 0) is 11.2 Å². The van der Waals surface area contributed by atoms with Crippen LogP contribution >= 0.6 is 23.2 Å². The van der Waals surface area contributed by atoms with Crippen molar-refractivity contribution in [3.8, 4) is 11.5 Å². The number of aryl methyl sites for hydroxylation is 1. The maximum absolute atomic E-state index is 13.3. The predicted molar refractivity (Wildman–Crippen MR) is 115 cm³/mol. The highest BCUT2D eigenvalue weighted by atomic mass is 35.5. The second kappa shape index (κ2) is 7.07. The summed E-state index contributed by atoms with van der Waals surface area (Å²) in [6.45, 7) is 2.05. The van der Waals surface area contributed by atoms with Gasteiger partial charge in [-0.1, -0.05) is 36.2 Å². The van der Waals surface area contributed by atoms with Crippen molar-refractivity contribution < 1.29 is 14.6 Å². The average Bonchev–Trinajstić information content (AvgIpc) is 3.38. The fourth-order valence-corrected chi connectivity index (χ4v) is 6.08. The highest BCUT2D eigenvalue weighted by Crippen LogP contribution is 2.60. The molecule has 4 atom stereocenters. The second-order valence-electron chi connectivity index (χ2n) is 8.36. The molecule has 0 unspecified atom stereocenters. The molecule has 1 N–H and O–H groups in total. The minimum atomic E-state index is -0.0382. The van der Waals surface area contributed by atoms with Crippen molar-refractivity contribution in [2.24, 2.45) is 23.7 Å². The molecule has 0 spiro atoms. The normalized spacial score (nSPS) is 27.6. The largest absolute Gasteiger partial charge is 0.511 e. The molecule has 2 aromatic carbocycles. The average molecular weight is 429 g/mol. The first-order chi connectivity index (χ1) is 14.0. The van der Waals surface area contributed by atoms with Gasteiger partial charge in [-0.2, -0.15) is 0 Å². The number of carbonyl (C=O) groups excluding carboxylic acids is 1. The number of hydrogen-bond donors (Lipinski definition) is 1. The Balaban J connectivity index is 1.54. The Labute approximate surface area is 180 Å². The molecule has 2 aromatic rings. The molecule has 29 heavy (non-hydrogen) atoms. The van der Waals surface area contributed by atoms with Gasteiger partial charge in [-0.05, 0) is 79.0 Å². The van der Waals surface area contributed by atoms with Crippen LogP contribution in [0.25, 0.3) is 5.57 Å². The number of allylic oxidation sites excluding steroid dienone is 2. The minimum absolute atomic E-state index is 0.0104. The van der Waals surface area contributed by atoms with Crippen molar-refractivity contribution in [2.45, 2.75) is 32.6 Å². The summed E-state index contributed by atoms with van der Waals surface area (Å²) in [7, 11) is 0. The summed E-state index contributed by atoms with van der Waals surface area (Å²) in [6, 6.07) is 10.8. The Morgan fingerprint density at radius 2 is 1.83 bits per heavy atom. The van der Waals surface area contributed by atoms with Gasteiger partial charge in [0.05, 0.1) is 10.6 Å². The van der Waals surface area contributed by atoms with Gasteiger partial charge >= 0.3 is 0 Å². The first-order valence-corrected chi connectivity index (χ1v) is 11.0. The lowest BCUT2D eigenvalue weighted by atomic mass is 9.80. The summed E-state index contributed by atoms with van der Waals surface area (Å²) < 4.78 is 5.98. The van der Waals surface area contributed by atoms with Crippen LogP contribution in [0, 0.1) is 23.7 Å². The van der Waals surface area contributed by atoms with Crippen LogP contribution in [0.3, 0.4) is 0 Å². The van der Waals surface area contributed by atoms with Gasteiger partial charge in [-0.15, -0.1) is 0 Å². The molecule has 5 rings (SSSR count). The molecule has 3 aliphatic rings. The van der Waals surface area contributed by atoms with Crippen LogP contribution in [0.1, 0.15) is 37.3 Å². The topological polar surface area (TPSA) is 46.5 Å². The van der Waals surface area contributed by atoms with Gasteiger partial charge in [-0.25, -0.2) is 0 Å². The van der Waals surface area contributed by atoms with Crippen molar-refractivity contribution in [1.82, 2.24) is 0 Å². The SMILES string of the molecule is CCc1ccc(Oc2ccc(Cl)cc2Cl)cc1C1=C(O)[C@@H]2[C@@H]3CC[C@@H](C3)[C@@H]2C1=O. The number of hydrogen-bond acceptors (Lipinski definition) is 3. The number of aliphatic hydroxyl groups is 1. The Kier molecular flexibility index (Phi) is 4.64. The molecular weight excluding hydrogens is 407 g/mol. The zero-order valence-corrected chi connectivity index (χ0v) is 17.6. The molecule has 0 heterocycles.